The highest BCUT2D eigenvalue weighted by Gasteiger charge is 2.51. The number of fused-ring (bicyclic) bond motifs is 3. The summed E-state index contributed by atoms with van der Waals surface area (Å²) in [4.78, 5) is 146. The Morgan fingerprint density at radius 1 is 0.963 bits per heavy atom. The van der Waals surface area contributed by atoms with Gasteiger partial charge in [-0.05, 0) is 135 Å². The number of hydrogen-bond acceptors (Lipinski definition) is 13. The molecule has 6 atom stereocenters. The van der Waals surface area contributed by atoms with Gasteiger partial charge in [-0.3, -0.25) is 53.0 Å². The minimum atomic E-state index is -5.86. The number of thiophene rings is 2. The summed E-state index contributed by atoms with van der Waals surface area (Å²) in [6, 6.07) is 5.33. The van der Waals surface area contributed by atoms with Crippen LogP contribution in [0.5, 0.6) is 0 Å². The van der Waals surface area contributed by atoms with Crippen LogP contribution in [0.25, 0.3) is 10.1 Å². The topological polar surface area (TPSA) is 298 Å². The number of hydrogen-bond donors (Lipinski definition) is 7. The van der Waals surface area contributed by atoms with Crippen molar-refractivity contribution in [3.8, 4) is 11.8 Å². The fourth-order valence-corrected chi connectivity index (χ4v) is 13.3. The number of imide groups is 1. The van der Waals surface area contributed by atoms with Gasteiger partial charge in [-0.15, -0.1) is 11.3 Å². The third kappa shape index (κ3) is 12.5. The summed E-state index contributed by atoms with van der Waals surface area (Å²) in [5.74, 6) is 1.74. The van der Waals surface area contributed by atoms with E-state index in [4.69, 9.17) is 5.73 Å². The van der Waals surface area contributed by atoms with Gasteiger partial charge in [0.05, 0.1) is 4.88 Å². The lowest BCUT2D eigenvalue weighted by Gasteiger charge is -2.38. The zero-order valence-electron chi connectivity index (χ0n) is 43.5. The molecule has 0 bridgehead atoms. The van der Waals surface area contributed by atoms with Crippen LogP contribution >= 0.6 is 30.3 Å². The number of benzene rings is 2. The SMILES string of the molecule is CN1CC[C@H]2CC[C@@H](C(=O)N[C@@H](CCC(N)=O)C(=O)N[C@H](C(=O)N3CCC(CCC#Cc4cccc5c4CN(C4CCC(=O)NC4=O)C5=O)CC3)c3ccsc3)N2C(=O)[C@@H](NC(=O)c2cc3cc(C(F)(F)P(=O)(O)O)ccc3s2)C1. The molecule has 4 fully saturated rings. The average Bonchev–Trinajstić information content (AvgIpc) is 4.30. The summed E-state index contributed by atoms with van der Waals surface area (Å²) in [5.41, 5.74) is 2.57. The van der Waals surface area contributed by atoms with E-state index in [2.05, 4.69) is 33.1 Å². The Balaban J connectivity index is 0.821. The number of carbonyl (C=O) groups excluding carboxylic acids is 9. The maximum Gasteiger partial charge on any atom is 0.399 e. The second-order valence-electron chi connectivity index (χ2n) is 20.9. The minimum absolute atomic E-state index is 0.0315. The molecule has 0 saturated carbocycles. The molecule has 4 aromatic rings. The summed E-state index contributed by atoms with van der Waals surface area (Å²) in [6.07, 6.45) is 3.65. The Bertz CT molecular complexity index is 3240. The van der Waals surface area contributed by atoms with Gasteiger partial charge in [0.1, 0.15) is 30.2 Å². The second kappa shape index (κ2) is 24.0. The van der Waals surface area contributed by atoms with Gasteiger partial charge in [0, 0.05) is 72.9 Å². The summed E-state index contributed by atoms with van der Waals surface area (Å²) in [7, 11) is -4.09. The first-order valence-electron chi connectivity index (χ1n) is 26.3. The molecule has 5 aliphatic heterocycles. The molecule has 0 radical (unpaired) electrons. The average molecular weight is 1160 g/mol. The van der Waals surface area contributed by atoms with Crippen LogP contribution in [-0.2, 0) is 50.3 Å². The van der Waals surface area contributed by atoms with E-state index in [1.165, 1.54) is 33.3 Å². The Hall–Kier alpha value is -6.94. The van der Waals surface area contributed by atoms with Gasteiger partial charge in [0.2, 0.25) is 41.4 Å². The monoisotopic (exact) mass is 1160 g/mol. The lowest BCUT2D eigenvalue weighted by Crippen LogP contribution is -2.61. The summed E-state index contributed by atoms with van der Waals surface area (Å²) in [5, 5.41) is 14.3. The number of amides is 9. The van der Waals surface area contributed by atoms with Gasteiger partial charge in [-0.2, -0.15) is 20.1 Å². The van der Waals surface area contributed by atoms with Crippen LogP contribution in [0.3, 0.4) is 0 Å². The Labute approximate surface area is 466 Å². The number of rotatable bonds is 16. The number of primary amides is 1. The molecular formula is C54H60F2N9O12PS2. The fourth-order valence-electron chi connectivity index (χ4n) is 11.2. The highest BCUT2D eigenvalue weighted by Crippen LogP contribution is 2.59. The molecular weight excluding hydrogens is 1100 g/mol. The van der Waals surface area contributed by atoms with Crippen LogP contribution in [-0.4, -0.2) is 146 Å². The molecule has 2 aromatic heterocycles. The van der Waals surface area contributed by atoms with Crippen LogP contribution < -0.4 is 27.0 Å². The van der Waals surface area contributed by atoms with Gasteiger partial charge in [0.15, 0.2) is 0 Å². The molecule has 7 heterocycles. The number of carbonyl (C=O) groups is 9. The molecule has 9 amide bonds. The van der Waals surface area contributed by atoms with Gasteiger partial charge in [-0.25, -0.2) is 0 Å². The smallest absolute Gasteiger partial charge is 0.370 e. The van der Waals surface area contributed by atoms with Crippen molar-refractivity contribution in [2.24, 2.45) is 11.7 Å². The molecule has 26 heteroatoms. The van der Waals surface area contributed by atoms with Crippen LogP contribution in [0.1, 0.15) is 119 Å². The normalized spacial score (nSPS) is 21.8. The molecule has 80 heavy (non-hydrogen) atoms. The first kappa shape index (κ1) is 57.7. The van der Waals surface area contributed by atoms with Crippen LogP contribution in [0, 0.1) is 17.8 Å². The number of piperidine rings is 2. The van der Waals surface area contributed by atoms with E-state index < -0.39 is 90.5 Å². The van der Waals surface area contributed by atoms with Crippen LogP contribution in [0.2, 0.25) is 0 Å². The van der Waals surface area contributed by atoms with Crippen molar-refractivity contribution in [2.45, 2.75) is 119 Å². The Morgan fingerprint density at radius 3 is 2.45 bits per heavy atom. The second-order valence-corrected chi connectivity index (χ2v) is 24.4. The van der Waals surface area contributed by atoms with E-state index in [0.717, 1.165) is 35.5 Å². The van der Waals surface area contributed by atoms with E-state index in [0.29, 0.717) is 73.1 Å². The first-order valence-corrected chi connectivity index (χ1v) is 29.7. The van der Waals surface area contributed by atoms with Crippen molar-refractivity contribution in [2.75, 3.05) is 33.2 Å². The number of halogens is 2. The highest BCUT2D eigenvalue weighted by atomic mass is 32.1. The zero-order chi connectivity index (χ0) is 57.2. The van der Waals surface area contributed by atoms with E-state index in [1.54, 1.807) is 40.9 Å². The van der Waals surface area contributed by atoms with Crippen molar-refractivity contribution in [1.29, 1.82) is 0 Å². The van der Waals surface area contributed by atoms with Crippen LogP contribution in [0.4, 0.5) is 8.78 Å². The Kier molecular flexibility index (Phi) is 17.3. The molecule has 4 saturated heterocycles. The quantitative estimate of drug-likeness (QED) is 0.0482. The first-order chi connectivity index (χ1) is 38.1. The van der Waals surface area contributed by atoms with Crippen molar-refractivity contribution in [3.05, 3.63) is 92.0 Å². The summed E-state index contributed by atoms with van der Waals surface area (Å²) in [6.45, 7) is 1.54. The molecule has 9 rings (SSSR count). The number of nitrogens with two attached hydrogens (primary N) is 1. The van der Waals surface area contributed by atoms with Crippen molar-refractivity contribution >= 4 is 93.5 Å². The Morgan fingerprint density at radius 2 is 1.74 bits per heavy atom. The molecule has 0 spiro atoms. The van der Waals surface area contributed by atoms with Crippen molar-refractivity contribution in [1.82, 2.24) is 40.9 Å². The van der Waals surface area contributed by atoms with Gasteiger partial charge in [0.25, 0.3) is 11.8 Å². The molecule has 2 aromatic carbocycles. The van der Waals surface area contributed by atoms with E-state index in [-0.39, 0.29) is 79.1 Å². The third-order valence-electron chi connectivity index (χ3n) is 15.6. The predicted octanol–water partition coefficient (Wildman–Crippen LogP) is 3.42. The van der Waals surface area contributed by atoms with Gasteiger partial charge in [-0.1, -0.05) is 24.0 Å². The molecule has 5 aliphatic rings. The molecule has 0 aliphatic carbocycles. The number of likely N-dealkylation sites (N-methyl/N-ethyl adjacent to an activating group) is 1. The summed E-state index contributed by atoms with van der Waals surface area (Å²) < 4.78 is 41.0. The van der Waals surface area contributed by atoms with Crippen molar-refractivity contribution in [3.63, 3.8) is 0 Å². The van der Waals surface area contributed by atoms with Gasteiger partial charge < -0.3 is 51.1 Å². The van der Waals surface area contributed by atoms with E-state index in [9.17, 15) is 66.3 Å². The van der Waals surface area contributed by atoms with Crippen molar-refractivity contribution < 1.29 is 66.3 Å². The van der Waals surface area contributed by atoms with Gasteiger partial charge >= 0.3 is 13.3 Å². The van der Waals surface area contributed by atoms with E-state index >= 15 is 0 Å². The highest BCUT2D eigenvalue weighted by molar-refractivity contribution is 7.52. The zero-order valence-corrected chi connectivity index (χ0v) is 46.0. The predicted molar refractivity (Wildman–Crippen MR) is 288 cm³/mol. The molecule has 1 unspecified atom stereocenters. The minimum Gasteiger partial charge on any atom is -0.370 e. The molecule has 424 valence electrons. The number of nitrogens with one attached hydrogen (secondary N) is 4. The molecule has 8 N–H and O–H groups in total. The van der Waals surface area contributed by atoms with Crippen LogP contribution in [0.15, 0.2) is 59.3 Å². The fraction of sp³-hybridized carbons (Fsp3) is 0.463. The standard InChI is InChI=1S/C54H60F2N9O12PS2/c1-62-21-19-35-10-12-41(65(35)52(73)39(28-62)59-50(71)43-26-33-25-34(9-14-42(33)80-43)54(55,56)78(75,76)77)49(70)58-38(11-15-44(57)66)47(68)61-46(32-20-24-79-29-32)53(74)63-22-17-30(18-23-63)5-2-3-6-31-7-4-8-36-37(31)27-64(51(36)72)40-13-16-45(67)60-48(40)69/h4,7-9,14,20,24-26,29-30,35,38-41,46H,2,5,10-13,15-19,21-23,27-28H2,1H3,(H2,57,66)(H,58,70)(H,59,71)(H,61,68)(H,60,67,69)(H2,75,76,77)/t35-,38+,39+,40?,41+,46+/m1/s1. The molecule has 21 nitrogen and oxygen atoms in total. The largest absolute Gasteiger partial charge is 0.399 e. The number of nitrogens with zero attached hydrogens (tertiary/aromatic N) is 4. The number of likely N-dealkylation sites (tertiary alicyclic amines) is 1. The number of alkyl halides is 2. The maximum absolute atomic E-state index is 14.5. The van der Waals surface area contributed by atoms with E-state index in [1.807, 2.05) is 11.0 Å². The third-order valence-corrected chi connectivity index (χ3v) is 18.4. The lowest BCUT2D eigenvalue weighted by molar-refractivity contribution is -0.144. The summed E-state index contributed by atoms with van der Waals surface area (Å²) >= 11 is 2.25. The lowest BCUT2D eigenvalue weighted by atomic mass is 9.91. The maximum atomic E-state index is 14.5.